The fourth-order valence-corrected chi connectivity index (χ4v) is 4.28. The first kappa shape index (κ1) is 25.3. The summed E-state index contributed by atoms with van der Waals surface area (Å²) in [6, 6.07) is 6.08. The number of carbonyl (C=O) groups is 2. The zero-order chi connectivity index (χ0) is 24.7. The third kappa shape index (κ3) is 6.38. The van der Waals surface area contributed by atoms with Gasteiger partial charge in [0.05, 0.1) is 24.0 Å². The maximum Gasteiger partial charge on any atom is 0.416 e. The molecule has 1 aromatic carbocycles. The van der Waals surface area contributed by atoms with Crippen molar-refractivity contribution in [1.82, 2.24) is 14.8 Å². The number of thiophene rings is 1. The van der Waals surface area contributed by atoms with E-state index in [4.69, 9.17) is 4.74 Å². The van der Waals surface area contributed by atoms with Crippen LogP contribution in [0.1, 0.15) is 21.7 Å². The summed E-state index contributed by atoms with van der Waals surface area (Å²) in [5.41, 5.74) is -0.560. The Morgan fingerprint density at radius 2 is 2.09 bits per heavy atom. The Morgan fingerprint density at radius 3 is 2.79 bits per heavy atom. The van der Waals surface area contributed by atoms with Crippen molar-refractivity contribution >= 4 is 40.0 Å². The molecule has 0 aliphatic carbocycles. The van der Waals surface area contributed by atoms with Crippen molar-refractivity contribution in [2.45, 2.75) is 24.5 Å². The van der Waals surface area contributed by atoms with Gasteiger partial charge in [-0.15, -0.1) is 28.1 Å². The number of methoxy groups -OCH3 is 1. The number of ether oxygens (including phenoxy) is 2. The highest BCUT2D eigenvalue weighted by molar-refractivity contribution is 7.99. The Hall–Kier alpha value is -3.32. The molecule has 0 unspecified atom stereocenters. The van der Waals surface area contributed by atoms with Crippen molar-refractivity contribution in [3.8, 4) is 5.75 Å². The number of hydrogen-bond acceptors (Lipinski definition) is 8. The molecule has 0 radical (unpaired) electrons. The van der Waals surface area contributed by atoms with Crippen molar-refractivity contribution in [1.29, 1.82) is 0 Å². The van der Waals surface area contributed by atoms with E-state index in [9.17, 15) is 22.8 Å². The minimum Gasteiger partial charge on any atom is -0.486 e. The molecule has 0 spiro atoms. The average Bonchev–Trinajstić information content (AvgIpc) is 3.42. The Kier molecular flexibility index (Phi) is 8.34. The van der Waals surface area contributed by atoms with Crippen LogP contribution < -0.4 is 10.1 Å². The predicted octanol–water partition coefficient (Wildman–Crippen LogP) is 4.64. The van der Waals surface area contributed by atoms with E-state index in [1.54, 1.807) is 22.1 Å². The van der Waals surface area contributed by atoms with Crippen LogP contribution in [0.2, 0.25) is 0 Å². The summed E-state index contributed by atoms with van der Waals surface area (Å²) in [7, 11) is 1.25. The number of hydrogen-bond donors (Lipinski definition) is 1. The van der Waals surface area contributed by atoms with Crippen LogP contribution >= 0.6 is 23.1 Å². The molecule has 0 aliphatic heterocycles. The Labute approximate surface area is 200 Å². The lowest BCUT2D eigenvalue weighted by Crippen LogP contribution is -2.16. The number of alkyl halides is 3. The van der Waals surface area contributed by atoms with E-state index >= 15 is 0 Å². The van der Waals surface area contributed by atoms with Crippen molar-refractivity contribution < 1.29 is 32.2 Å². The highest BCUT2D eigenvalue weighted by Crippen LogP contribution is 2.31. The molecule has 180 valence electrons. The van der Waals surface area contributed by atoms with Gasteiger partial charge in [-0.2, -0.15) is 13.2 Å². The summed E-state index contributed by atoms with van der Waals surface area (Å²) >= 11 is 2.29. The van der Waals surface area contributed by atoms with Gasteiger partial charge in [0.1, 0.15) is 17.4 Å². The molecular weight excluding hydrogens is 493 g/mol. The molecule has 34 heavy (non-hydrogen) atoms. The molecule has 1 amide bonds. The monoisotopic (exact) mass is 512 g/mol. The van der Waals surface area contributed by atoms with Gasteiger partial charge in [0.15, 0.2) is 11.0 Å². The minimum atomic E-state index is -4.48. The first-order valence-corrected chi connectivity index (χ1v) is 11.5. The molecule has 2 aromatic heterocycles. The van der Waals surface area contributed by atoms with Crippen LogP contribution in [-0.4, -0.2) is 39.5 Å². The van der Waals surface area contributed by atoms with E-state index in [-0.39, 0.29) is 29.6 Å². The molecule has 0 atom stereocenters. The Bertz CT molecular complexity index is 1180. The number of amides is 1. The largest absolute Gasteiger partial charge is 0.486 e. The van der Waals surface area contributed by atoms with Crippen LogP contribution in [0, 0.1) is 0 Å². The van der Waals surface area contributed by atoms with Crippen LogP contribution in [0.15, 0.2) is 53.5 Å². The number of nitrogens with one attached hydrogen (secondary N) is 1. The van der Waals surface area contributed by atoms with Gasteiger partial charge < -0.3 is 14.8 Å². The Balaban J connectivity index is 1.64. The predicted molar refractivity (Wildman–Crippen MR) is 121 cm³/mol. The summed E-state index contributed by atoms with van der Waals surface area (Å²) in [6.45, 7) is 3.85. The highest BCUT2D eigenvalue weighted by atomic mass is 32.2. The molecule has 0 saturated carbocycles. The molecule has 13 heteroatoms. The number of halogens is 3. The summed E-state index contributed by atoms with van der Waals surface area (Å²) in [6.07, 6.45) is -2.89. The number of rotatable bonds is 10. The van der Waals surface area contributed by atoms with Gasteiger partial charge in [0, 0.05) is 6.54 Å². The lowest BCUT2D eigenvalue weighted by Gasteiger charge is -2.11. The SMILES string of the molecule is C=CCn1c(COc2cccc(C(F)(F)F)c2)nnc1SCC(=O)Nc1sccc1C(=O)OC. The molecule has 0 bridgehead atoms. The van der Waals surface area contributed by atoms with Crippen molar-refractivity contribution in [2.75, 3.05) is 18.2 Å². The topological polar surface area (TPSA) is 95.3 Å². The molecule has 3 aromatic rings. The zero-order valence-electron chi connectivity index (χ0n) is 17.8. The quantitative estimate of drug-likeness (QED) is 0.240. The highest BCUT2D eigenvalue weighted by Gasteiger charge is 2.30. The molecule has 0 aliphatic rings. The first-order chi connectivity index (χ1) is 16.2. The maximum atomic E-state index is 12.9. The van der Waals surface area contributed by atoms with Gasteiger partial charge in [0.25, 0.3) is 0 Å². The molecule has 0 saturated heterocycles. The third-order valence-electron chi connectivity index (χ3n) is 4.29. The van der Waals surface area contributed by atoms with Gasteiger partial charge in [-0.3, -0.25) is 9.36 Å². The number of carbonyl (C=O) groups excluding carboxylic acids is 2. The molecule has 3 rings (SSSR count). The number of esters is 1. The fourth-order valence-electron chi connectivity index (χ4n) is 2.72. The number of thioether (sulfide) groups is 1. The second kappa shape index (κ2) is 11.2. The normalized spacial score (nSPS) is 11.2. The van der Waals surface area contributed by atoms with Crippen LogP contribution in [0.4, 0.5) is 18.2 Å². The van der Waals surface area contributed by atoms with E-state index in [2.05, 4.69) is 26.8 Å². The molecule has 1 N–H and O–H groups in total. The average molecular weight is 513 g/mol. The van der Waals surface area contributed by atoms with E-state index in [0.717, 1.165) is 23.9 Å². The number of allylic oxidation sites excluding steroid dienone is 1. The van der Waals surface area contributed by atoms with E-state index < -0.39 is 17.7 Å². The van der Waals surface area contributed by atoms with Gasteiger partial charge in [-0.05, 0) is 29.6 Å². The number of benzene rings is 1. The van der Waals surface area contributed by atoms with Crippen molar-refractivity contribution in [3.63, 3.8) is 0 Å². The smallest absolute Gasteiger partial charge is 0.416 e. The molecule has 8 nitrogen and oxygen atoms in total. The second-order valence-corrected chi connectivity index (χ2v) is 8.46. The van der Waals surface area contributed by atoms with Crippen LogP contribution in [0.25, 0.3) is 0 Å². The maximum absolute atomic E-state index is 12.9. The second-order valence-electron chi connectivity index (χ2n) is 6.60. The van der Waals surface area contributed by atoms with E-state index in [0.29, 0.717) is 22.5 Å². The van der Waals surface area contributed by atoms with E-state index in [1.165, 1.54) is 30.6 Å². The molecule has 2 heterocycles. The summed E-state index contributed by atoms with van der Waals surface area (Å²) in [5.74, 6) is -0.560. The van der Waals surface area contributed by atoms with Gasteiger partial charge in [0.2, 0.25) is 5.91 Å². The van der Waals surface area contributed by atoms with Crippen LogP contribution in [-0.2, 0) is 28.9 Å². The van der Waals surface area contributed by atoms with E-state index in [1.807, 2.05) is 0 Å². The Morgan fingerprint density at radius 1 is 1.29 bits per heavy atom. The zero-order valence-corrected chi connectivity index (χ0v) is 19.4. The molecule has 0 fully saturated rings. The van der Waals surface area contributed by atoms with Crippen LogP contribution in [0.5, 0.6) is 5.75 Å². The summed E-state index contributed by atoms with van der Waals surface area (Å²) in [5, 5.41) is 13.2. The number of aromatic nitrogens is 3. The van der Waals surface area contributed by atoms with Crippen LogP contribution in [0.3, 0.4) is 0 Å². The van der Waals surface area contributed by atoms with Gasteiger partial charge >= 0.3 is 12.1 Å². The number of nitrogens with zero attached hydrogens (tertiary/aromatic N) is 3. The lowest BCUT2D eigenvalue weighted by atomic mass is 10.2. The lowest BCUT2D eigenvalue weighted by molar-refractivity contribution is -0.137. The summed E-state index contributed by atoms with van der Waals surface area (Å²) in [4.78, 5) is 24.1. The standard InChI is InChI=1S/C21H19F3N4O4S2/c1-3-8-28-16(11-32-14-6-4-5-13(10-14)21(22,23)24)26-27-20(28)34-12-17(29)25-18-15(7-9-33-18)19(30)31-2/h3-7,9-10H,1,8,11-12H2,2H3,(H,25,29). The van der Waals surface area contributed by atoms with Gasteiger partial charge in [-0.1, -0.05) is 23.9 Å². The first-order valence-electron chi connectivity index (χ1n) is 9.64. The fraction of sp³-hybridized carbons (Fsp3) is 0.238. The summed E-state index contributed by atoms with van der Waals surface area (Å²) < 4.78 is 50.5. The minimum absolute atomic E-state index is 0.0255. The molecular formula is C21H19F3N4O4S2. The third-order valence-corrected chi connectivity index (χ3v) is 6.09. The van der Waals surface area contributed by atoms with Crippen molar-refractivity contribution in [3.05, 3.63) is 65.3 Å². The van der Waals surface area contributed by atoms with Gasteiger partial charge in [-0.25, -0.2) is 4.79 Å². The van der Waals surface area contributed by atoms with Crippen molar-refractivity contribution in [2.24, 2.45) is 0 Å². The number of anilines is 1.